The summed E-state index contributed by atoms with van der Waals surface area (Å²) in [7, 11) is 0. The number of hydrogen-bond donors (Lipinski definition) is 0. The first kappa shape index (κ1) is 10.1. The SMILES string of the molecule is N#CC1(c2cc3c4c(c2)CCN4C(=O)CC3)CC1. The minimum absolute atomic E-state index is 0.208. The first-order chi connectivity index (χ1) is 8.73. The molecule has 0 radical (unpaired) electrons. The van der Waals surface area contributed by atoms with E-state index in [1.807, 2.05) is 4.90 Å². The van der Waals surface area contributed by atoms with Crippen molar-refractivity contribution < 1.29 is 4.79 Å². The van der Waals surface area contributed by atoms with Gasteiger partial charge in [0.15, 0.2) is 0 Å². The zero-order valence-electron chi connectivity index (χ0n) is 10.2. The second kappa shape index (κ2) is 3.14. The summed E-state index contributed by atoms with van der Waals surface area (Å²) in [6, 6.07) is 6.82. The van der Waals surface area contributed by atoms with Crippen molar-refractivity contribution in [1.29, 1.82) is 5.26 Å². The van der Waals surface area contributed by atoms with E-state index < -0.39 is 0 Å². The molecule has 0 unspecified atom stereocenters. The molecule has 4 rings (SSSR count). The first-order valence-electron chi connectivity index (χ1n) is 6.61. The lowest BCUT2D eigenvalue weighted by atomic mass is 9.90. The highest BCUT2D eigenvalue weighted by atomic mass is 16.2. The van der Waals surface area contributed by atoms with Crippen molar-refractivity contribution in [3.8, 4) is 6.07 Å². The van der Waals surface area contributed by atoms with E-state index in [-0.39, 0.29) is 11.3 Å². The van der Waals surface area contributed by atoms with Crippen molar-refractivity contribution in [3.05, 3.63) is 28.8 Å². The molecule has 18 heavy (non-hydrogen) atoms. The largest absolute Gasteiger partial charge is 0.312 e. The van der Waals surface area contributed by atoms with Crippen LogP contribution in [0.15, 0.2) is 12.1 Å². The number of benzene rings is 1. The normalized spacial score (nSPS) is 22.6. The molecule has 1 saturated carbocycles. The third kappa shape index (κ3) is 1.16. The second-order valence-corrected chi connectivity index (χ2v) is 5.63. The van der Waals surface area contributed by atoms with E-state index in [2.05, 4.69) is 18.2 Å². The molecular formula is C15H14N2O. The van der Waals surface area contributed by atoms with E-state index in [0.717, 1.165) is 37.9 Å². The fourth-order valence-corrected chi connectivity index (χ4v) is 3.32. The van der Waals surface area contributed by atoms with Crippen LogP contribution in [0.4, 0.5) is 5.69 Å². The van der Waals surface area contributed by atoms with E-state index >= 15 is 0 Å². The number of aryl methyl sites for hydroxylation is 1. The summed E-state index contributed by atoms with van der Waals surface area (Å²) in [5.74, 6) is 0.260. The molecule has 1 aliphatic carbocycles. The Morgan fingerprint density at radius 2 is 1.89 bits per heavy atom. The average Bonchev–Trinajstić information content (AvgIpc) is 3.08. The van der Waals surface area contributed by atoms with Crippen molar-refractivity contribution in [2.45, 2.75) is 37.5 Å². The lowest BCUT2D eigenvalue weighted by Gasteiger charge is -2.26. The number of anilines is 1. The molecule has 2 heterocycles. The molecule has 90 valence electrons. The Kier molecular flexibility index (Phi) is 1.77. The van der Waals surface area contributed by atoms with Gasteiger partial charge in [-0.05, 0) is 42.4 Å². The predicted molar refractivity (Wildman–Crippen MR) is 67.3 cm³/mol. The van der Waals surface area contributed by atoms with E-state index in [1.165, 1.54) is 16.7 Å². The Hall–Kier alpha value is -1.82. The topological polar surface area (TPSA) is 44.1 Å². The van der Waals surface area contributed by atoms with Crippen molar-refractivity contribution in [2.75, 3.05) is 11.4 Å². The van der Waals surface area contributed by atoms with E-state index in [1.54, 1.807) is 0 Å². The standard InChI is InChI=1S/C15H14N2O/c16-9-15(4-5-15)12-7-10-1-2-13(18)17-6-3-11(8-12)14(10)17/h7-8H,1-6H2. The van der Waals surface area contributed by atoms with Gasteiger partial charge in [0.1, 0.15) is 0 Å². The van der Waals surface area contributed by atoms with Gasteiger partial charge in [0, 0.05) is 13.0 Å². The molecule has 0 saturated heterocycles. The summed E-state index contributed by atoms with van der Waals surface area (Å²) in [4.78, 5) is 13.8. The summed E-state index contributed by atoms with van der Waals surface area (Å²) in [5.41, 5.74) is 4.69. The number of carbonyl (C=O) groups is 1. The second-order valence-electron chi connectivity index (χ2n) is 5.63. The van der Waals surface area contributed by atoms with E-state index in [0.29, 0.717) is 6.42 Å². The minimum Gasteiger partial charge on any atom is -0.312 e. The van der Waals surface area contributed by atoms with Crippen molar-refractivity contribution in [3.63, 3.8) is 0 Å². The molecule has 2 aliphatic heterocycles. The Labute approximate surface area is 106 Å². The van der Waals surface area contributed by atoms with Gasteiger partial charge in [0.25, 0.3) is 0 Å². The van der Waals surface area contributed by atoms with E-state index in [4.69, 9.17) is 0 Å². The molecule has 1 aromatic rings. The smallest absolute Gasteiger partial charge is 0.227 e. The van der Waals surface area contributed by atoms with Crippen molar-refractivity contribution in [2.24, 2.45) is 0 Å². The maximum atomic E-state index is 11.8. The molecule has 0 spiro atoms. The Morgan fingerprint density at radius 3 is 2.56 bits per heavy atom. The van der Waals surface area contributed by atoms with Crippen LogP contribution in [0.2, 0.25) is 0 Å². The summed E-state index contributed by atoms with van der Waals surface area (Å²) < 4.78 is 0. The van der Waals surface area contributed by atoms with Crippen molar-refractivity contribution in [1.82, 2.24) is 0 Å². The number of carbonyl (C=O) groups excluding carboxylic acids is 1. The van der Waals surface area contributed by atoms with Gasteiger partial charge in [-0.25, -0.2) is 0 Å². The Balaban J connectivity index is 1.89. The van der Waals surface area contributed by atoms with Crippen LogP contribution in [-0.4, -0.2) is 12.5 Å². The fourth-order valence-electron chi connectivity index (χ4n) is 3.32. The maximum absolute atomic E-state index is 11.8. The number of amides is 1. The highest BCUT2D eigenvalue weighted by Gasteiger charge is 2.46. The monoisotopic (exact) mass is 238 g/mol. The molecule has 1 amide bonds. The molecule has 0 atom stereocenters. The van der Waals surface area contributed by atoms with E-state index in [9.17, 15) is 10.1 Å². The van der Waals surface area contributed by atoms with Crippen LogP contribution in [0.1, 0.15) is 36.0 Å². The minimum atomic E-state index is -0.208. The molecule has 3 aliphatic rings. The van der Waals surface area contributed by atoms with Gasteiger partial charge in [-0.2, -0.15) is 5.26 Å². The molecule has 3 heteroatoms. The third-order valence-corrected chi connectivity index (χ3v) is 4.57. The Morgan fingerprint density at radius 1 is 1.17 bits per heavy atom. The molecular weight excluding hydrogens is 224 g/mol. The molecule has 1 aromatic carbocycles. The van der Waals surface area contributed by atoms with Gasteiger partial charge in [-0.3, -0.25) is 4.79 Å². The lowest BCUT2D eigenvalue weighted by molar-refractivity contribution is -0.118. The quantitative estimate of drug-likeness (QED) is 0.751. The van der Waals surface area contributed by atoms with Crippen LogP contribution in [-0.2, 0) is 23.1 Å². The number of nitrogens with zero attached hydrogens (tertiary/aromatic N) is 2. The molecule has 1 fully saturated rings. The van der Waals surface area contributed by atoms with Crippen LogP contribution in [0.3, 0.4) is 0 Å². The summed E-state index contributed by atoms with van der Waals surface area (Å²) in [6.07, 6.45) is 4.39. The molecule has 0 bridgehead atoms. The lowest BCUT2D eigenvalue weighted by Crippen LogP contribution is -2.32. The average molecular weight is 238 g/mol. The van der Waals surface area contributed by atoms with Crippen LogP contribution < -0.4 is 4.90 Å². The maximum Gasteiger partial charge on any atom is 0.227 e. The van der Waals surface area contributed by atoms with Crippen LogP contribution in [0.5, 0.6) is 0 Å². The van der Waals surface area contributed by atoms with Crippen LogP contribution in [0, 0.1) is 11.3 Å². The van der Waals surface area contributed by atoms with Crippen molar-refractivity contribution >= 4 is 11.6 Å². The zero-order chi connectivity index (χ0) is 12.3. The molecule has 0 N–H and O–H groups in total. The van der Waals surface area contributed by atoms with Gasteiger partial charge in [-0.15, -0.1) is 0 Å². The predicted octanol–water partition coefficient (Wildman–Crippen LogP) is 2.08. The number of nitriles is 1. The summed E-state index contributed by atoms with van der Waals surface area (Å²) in [5, 5.41) is 9.32. The molecule has 0 aromatic heterocycles. The zero-order valence-corrected chi connectivity index (χ0v) is 10.2. The highest BCUT2D eigenvalue weighted by molar-refractivity contribution is 5.98. The summed E-state index contributed by atoms with van der Waals surface area (Å²) >= 11 is 0. The van der Waals surface area contributed by atoms with Crippen LogP contribution in [0.25, 0.3) is 0 Å². The van der Waals surface area contributed by atoms with Gasteiger partial charge in [-0.1, -0.05) is 12.1 Å². The third-order valence-electron chi connectivity index (χ3n) is 4.57. The van der Waals surface area contributed by atoms with Gasteiger partial charge in [0.05, 0.1) is 17.2 Å². The summed E-state index contributed by atoms with van der Waals surface area (Å²) in [6.45, 7) is 0.824. The fraction of sp³-hybridized carbons (Fsp3) is 0.467. The van der Waals surface area contributed by atoms with Gasteiger partial charge >= 0.3 is 0 Å². The van der Waals surface area contributed by atoms with Gasteiger partial charge in [0.2, 0.25) is 5.91 Å². The number of rotatable bonds is 1. The van der Waals surface area contributed by atoms with Crippen LogP contribution >= 0.6 is 0 Å². The Bertz CT molecular complexity index is 608. The highest BCUT2D eigenvalue weighted by Crippen LogP contribution is 2.50. The molecule has 3 nitrogen and oxygen atoms in total. The number of hydrogen-bond acceptors (Lipinski definition) is 2. The first-order valence-corrected chi connectivity index (χ1v) is 6.61. The van der Waals surface area contributed by atoms with Gasteiger partial charge < -0.3 is 4.90 Å².